The second kappa shape index (κ2) is 11.8. The summed E-state index contributed by atoms with van der Waals surface area (Å²) in [5, 5.41) is 14.9. The average Bonchev–Trinajstić information content (AvgIpc) is 2.92. The molecule has 0 saturated carbocycles. The molecule has 7 nitrogen and oxygen atoms in total. The molecule has 0 fully saturated rings. The lowest BCUT2D eigenvalue weighted by molar-refractivity contribution is 0.195. The van der Waals surface area contributed by atoms with Crippen LogP contribution in [0, 0.1) is 13.8 Å². The van der Waals surface area contributed by atoms with Crippen molar-refractivity contribution in [2.45, 2.75) is 33.4 Å². The van der Waals surface area contributed by atoms with Gasteiger partial charge in [0, 0.05) is 27.3 Å². The average molecular weight is 472 g/mol. The predicted molar refractivity (Wildman–Crippen MR) is 115 cm³/mol. The van der Waals surface area contributed by atoms with Gasteiger partial charge < -0.3 is 19.9 Å². The Kier molecular flexibility index (Phi) is 10.2. The van der Waals surface area contributed by atoms with Gasteiger partial charge in [-0.25, -0.2) is 4.99 Å². The molecule has 1 aromatic heterocycles. The third-order valence-corrected chi connectivity index (χ3v) is 3.92. The monoisotopic (exact) mass is 472 g/mol. The number of guanidine groups is 1. The van der Waals surface area contributed by atoms with Crippen LogP contribution in [0.4, 0.5) is 0 Å². The molecule has 144 valence electrons. The number of hydrogen-bond donors (Lipinski definition) is 2. The molecule has 0 aliphatic carbocycles. The fourth-order valence-corrected chi connectivity index (χ4v) is 2.35. The van der Waals surface area contributed by atoms with E-state index in [0.29, 0.717) is 13.1 Å². The van der Waals surface area contributed by atoms with E-state index < -0.39 is 0 Å². The summed E-state index contributed by atoms with van der Waals surface area (Å²) < 4.78 is 7.06. The summed E-state index contributed by atoms with van der Waals surface area (Å²) in [5.74, 6) is 2.53. The molecule has 8 heteroatoms. The minimum atomic E-state index is 0. The molecule has 2 aromatic rings. The van der Waals surface area contributed by atoms with E-state index in [9.17, 15) is 0 Å². The molecule has 0 spiro atoms. The van der Waals surface area contributed by atoms with E-state index in [1.165, 1.54) is 11.1 Å². The Labute approximate surface area is 172 Å². The van der Waals surface area contributed by atoms with Crippen molar-refractivity contribution in [2.24, 2.45) is 12.0 Å². The number of halogens is 1. The van der Waals surface area contributed by atoms with Crippen molar-refractivity contribution in [1.82, 2.24) is 25.4 Å². The molecular formula is C18H29IN6O. The van der Waals surface area contributed by atoms with Crippen LogP contribution in [0.15, 0.2) is 29.3 Å². The van der Waals surface area contributed by atoms with E-state index in [1.54, 1.807) is 7.11 Å². The van der Waals surface area contributed by atoms with Crippen LogP contribution < -0.4 is 10.6 Å². The molecule has 1 aromatic carbocycles. The van der Waals surface area contributed by atoms with Crippen molar-refractivity contribution in [2.75, 3.05) is 20.3 Å². The zero-order valence-electron chi connectivity index (χ0n) is 16.0. The number of hydrogen-bond acceptors (Lipinski definition) is 4. The first kappa shape index (κ1) is 22.4. The van der Waals surface area contributed by atoms with Gasteiger partial charge in [-0.1, -0.05) is 29.8 Å². The molecule has 26 heavy (non-hydrogen) atoms. The summed E-state index contributed by atoms with van der Waals surface area (Å²) >= 11 is 0. The Bertz CT molecular complexity index is 701. The lowest BCUT2D eigenvalue weighted by Gasteiger charge is -2.12. The zero-order chi connectivity index (χ0) is 18.1. The minimum absolute atomic E-state index is 0. The van der Waals surface area contributed by atoms with Crippen molar-refractivity contribution in [3.63, 3.8) is 0 Å². The third kappa shape index (κ3) is 7.28. The van der Waals surface area contributed by atoms with Crippen LogP contribution in [0.5, 0.6) is 0 Å². The fourth-order valence-electron chi connectivity index (χ4n) is 2.35. The normalized spacial score (nSPS) is 11.2. The van der Waals surface area contributed by atoms with Gasteiger partial charge in [-0.2, -0.15) is 0 Å². The standard InChI is InChI=1S/C18H28N6O.HI/c1-14-7-5-8-16(11-14)12-20-18(19-9-6-10-25-4)21-13-17-23-22-15(2)24(17)3;/h5,7-8,11H,6,9-10,12-13H2,1-4H3,(H2,19,20,21);1H. The Balaban J connectivity index is 0.00000338. The second-order valence-corrected chi connectivity index (χ2v) is 6.00. The van der Waals surface area contributed by atoms with Crippen molar-refractivity contribution in [1.29, 1.82) is 0 Å². The zero-order valence-corrected chi connectivity index (χ0v) is 18.3. The quantitative estimate of drug-likeness (QED) is 0.267. The van der Waals surface area contributed by atoms with E-state index in [-0.39, 0.29) is 24.0 Å². The van der Waals surface area contributed by atoms with E-state index in [1.807, 2.05) is 18.5 Å². The molecule has 0 unspecified atom stereocenters. The van der Waals surface area contributed by atoms with Crippen molar-refractivity contribution < 1.29 is 4.74 Å². The first-order valence-electron chi connectivity index (χ1n) is 8.51. The Morgan fingerprint density at radius 1 is 1.23 bits per heavy atom. The summed E-state index contributed by atoms with van der Waals surface area (Å²) in [5.41, 5.74) is 2.43. The molecule has 2 N–H and O–H groups in total. The van der Waals surface area contributed by atoms with Crippen molar-refractivity contribution in [3.05, 3.63) is 47.0 Å². The van der Waals surface area contributed by atoms with Crippen molar-refractivity contribution >= 4 is 29.9 Å². The van der Waals surface area contributed by atoms with Crippen LogP contribution in [-0.2, 0) is 24.9 Å². The number of benzene rings is 1. The van der Waals surface area contributed by atoms with Crippen LogP contribution in [0.3, 0.4) is 0 Å². The molecular weight excluding hydrogens is 443 g/mol. The van der Waals surface area contributed by atoms with Gasteiger partial charge in [-0.05, 0) is 25.8 Å². The number of aryl methyl sites for hydroxylation is 2. The van der Waals surface area contributed by atoms with E-state index in [2.05, 4.69) is 57.0 Å². The maximum Gasteiger partial charge on any atom is 0.191 e. The van der Waals surface area contributed by atoms with Crippen LogP contribution in [0.1, 0.15) is 29.2 Å². The van der Waals surface area contributed by atoms with Crippen molar-refractivity contribution in [3.8, 4) is 0 Å². The van der Waals surface area contributed by atoms with Gasteiger partial charge in [-0.3, -0.25) is 0 Å². The van der Waals surface area contributed by atoms with Crippen LogP contribution >= 0.6 is 24.0 Å². The smallest absolute Gasteiger partial charge is 0.191 e. The molecule has 0 saturated heterocycles. The Hall–Kier alpha value is -1.68. The largest absolute Gasteiger partial charge is 0.385 e. The summed E-state index contributed by atoms with van der Waals surface area (Å²) in [4.78, 5) is 4.68. The van der Waals surface area contributed by atoms with Gasteiger partial charge in [0.15, 0.2) is 11.8 Å². The SMILES string of the molecule is COCCCNC(=NCc1cccc(C)c1)NCc1nnc(C)n1C.I. The van der Waals surface area contributed by atoms with Crippen LogP contribution in [0.2, 0.25) is 0 Å². The summed E-state index contributed by atoms with van der Waals surface area (Å²) in [6.45, 7) is 6.74. The van der Waals surface area contributed by atoms with Gasteiger partial charge in [0.1, 0.15) is 5.82 Å². The maximum atomic E-state index is 5.09. The van der Waals surface area contributed by atoms with Crippen LogP contribution in [-0.4, -0.2) is 41.0 Å². The van der Waals surface area contributed by atoms with E-state index in [0.717, 1.165) is 37.2 Å². The Morgan fingerprint density at radius 2 is 2.04 bits per heavy atom. The highest BCUT2D eigenvalue weighted by Gasteiger charge is 2.06. The van der Waals surface area contributed by atoms with Gasteiger partial charge in [-0.15, -0.1) is 34.2 Å². The fraction of sp³-hybridized carbons (Fsp3) is 0.500. The highest BCUT2D eigenvalue weighted by molar-refractivity contribution is 14.0. The van der Waals surface area contributed by atoms with Gasteiger partial charge in [0.25, 0.3) is 0 Å². The molecule has 0 aliphatic heterocycles. The third-order valence-electron chi connectivity index (χ3n) is 3.92. The topological polar surface area (TPSA) is 76.4 Å². The molecule has 0 bridgehead atoms. The molecule has 0 atom stereocenters. The second-order valence-electron chi connectivity index (χ2n) is 6.00. The van der Waals surface area contributed by atoms with E-state index >= 15 is 0 Å². The summed E-state index contributed by atoms with van der Waals surface area (Å²) in [7, 11) is 3.67. The van der Waals surface area contributed by atoms with E-state index in [4.69, 9.17) is 4.74 Å². The molecule has 0 amide bonds. The maximum absolute atomic E-state index is 5.09. The first-order valence-corrected chi connectivity index (χ1v) is 8.51. The molecule has 0 radical (unpaired) electrons. The van der Waals surface area contributed by atoms with Gasteiger partial charge >= 0.3 is 0 Å². The number of aliphatic imine (C=N–C) groups is 1. The number of ether oxygens (including phenoxy) is 1. The summed E-state index contributed by atoms with van der Waals surface area (Å²) in [6.07, 6.45) is 0.921. The lowest BCUT2D eigenvalue weighted by atomic mass is 10.1. The molecule has 2 rings (SSSR count). The highest BCUT2D eigenvalue weighted by atomic mass is 127. The number of methoxy groups -OCH3 is 1. The molecule has 1 heterocycles. The predicted octanol–water partition coefficient (Wildman–Crippen LogP) is 2.32. The lowest BCUT2D eigenvalue weighted by Crippen LogP contribution is -2.38. The number of rotatable bonds is 8. The first-order chi connectivity index (χ1) is 12.1. The Morgan fingerprint density at radius 3 is 2.69 bits per heavy atom. The van der Waals surface area contributed by atoms with Gasteiger partial charge in [0.2, 0.25) is 0 Å². The number of aromatic nitrogens is 3. The highest BCUT2D eigenvalue weighted by Crippen LogP contribution is 2.05. The number of nitrogens with zero attached hydrogens (tertiary/aromatic N) is 4. The van der Waals surface area contributed by atoms with Crippen LogP contribution in [0.25, 0.3) is 0 Å². The minimum Gasteiger partial charge on any atom is -0.385 e. The molecule has 0 aliphatic rings. The van der Waals surface area contributed by atoms with Gasteiger partial charge in [0.05, 0.1) is 13.1 Å². The summed E-state index contributed by atoms with van der Waals surface area (Å²) in [6, 6.07) is 8.39. The number of nitrogens with one attached hydrogen (secondary N) is 2.